The number of nitrogens with zero attached hydrogens (tertiary/aromatic N) is 4. The summed E-state index contributed by atoms with van der Waals surface area (Å²) in [4.78, 5) is 26.3. The second-order valence-corrected chi connectivity index (χ2v) is 8.66. The van der Waals surface area contributed by atoms with Gasteiger partial charge in [0, 0.05) is 25.2 Å². The standard InChI is InChI=1S/C21H28N4O2/c1-20(2,3)27-19(26)25-12-6-9-21(25)10-13-24(14-11-21)18-15-22-16-7-4-5-8-17(16)23-18/h4-5,7-8,15H,6,9-14H2,1-3H3. The SMILES string of the molecule is CC(C)(C)OC(=O)N1CCCC12CCN(c1cnc3ccccc3n1)CC2. The molecule has 2 aromatic rings. The van der Waals surface area contributed by atoms with E-state index in [4.69, 9.17) is 9.72 Å². The van der Waals surface area contributed by atoms with Crippen molar-refractivity contribution in [1.29, 1.82) is 0 Å². The number of hydrogen-bond acceptors (Lipinski definition) is 5. The summed E-state index contributed by atoms with van der Waals surface area (Å²) in [7, 11) is 0. The smallest absolute Gasteiger partial charge is 0.410 e. The number of fused-ring (bicyclic) bond motifs is 1. The van der Waals surface area contributed by atoms with Crippen LogP contribution in [0.1, 0.15) is 46.5 Å². The van der Waals surface area contributed by atoms with Crippen molar-refractivity contribution in [1.82, 2.24) is 14.9 Å². The third kappa shape index (κ3) is 3.57. The van der Waals surface area contributed by atoms with Gasteiger partial charge in [0.15, 0.2) is 0 Å². The minimum Gasteiger partial charge on any atom is -0.444 e. The van der Waals surface area contributed by atoms with Crippen LogP contribution in [-0.2, 0) is 4.74 Å². The van der Waals surface area contributed by atoms with Crippen LogP contribution in [0.25, 0.3) is 11.0 Å². The van der Waals surface area contributed by atoms with E-state index in [0.29, 0.717) is 0 Å². The predicted octanol–water partition coefficient (Wildman–Crippen LogP) is 4.00. The van der Waals surface area contributed by atoms with E-state index in [1.54, 1.807) is 0 Å². The Hall–Kier alpha value is -2.37. The van der Waals surface area contributed by atoms with E-state index in [9.17, 15) is 4.79 Å². The summed E-state index contributed by atoms with van der Waals surface area (Å²) in [6.45, 7) is 8.33. The Morgan fingerprint density at radius 2 is 1.78 bits per heavy atom. The molecule has 2 fully saturated rings. The van der Waals surface area contributed by atoms with Crippen LogP contribution in [0, 0.1) is 0 Å². The van der Waals surface area contributed by atoms with Gasteiger partial charge in [-0.2, -0.15) is 0 Å². The quantitative estimate of drug-likeness (QED) is 0.761. The lowest BCUT2D eigenvalue weighted by Crippen LogP contribution is -2.55. The van der Waals surface area contributed by atoms with Crippen LogP contribution in [0.5, 0.6) is 0 Å². The van der Waals surface area contributed by atoms with Gasteiger partial charge in [0.1, 0.15) is 11.4 Å². The number of carbonyl (C=O) groups is 1. The summed E-state index contributed by atoms with van der Waals surface area (Å²) in [5.74, 6) is 0.922. The molecule has 6 heteroatoms. The molecule has 0 saturated carbocycles. The second-order valence-electron chi connectivity index (χ2n) is 8.66. The minimum atomic E-state index is -0.456. The van der Waals surface area contributed by atoms with E-state index >= 15 is 0 Å². The van der Waals surface area contributed by atoms with Crippen molar-refractivity contribution in [2.45, 2.75) is 57.6 Å². The molecule has 0 atom stereocenters. The van der Waals surface area contributed by atoms with Crippen LogP contribution in [0.4, 0.5) is 10.6 Å². The monoisotopic (exact) mass is 368 g/mol. The van der Waals surface area contributed by atoms with Gasteiger partial charge in [-0.25, -0.2) is 9.78 Å². The van der Waals surface area contributed by atoms with Gasteiger partial charge in [-0.05, 0) is 58.6 Å². The minimum absolute atomic E-state index is 0.0664. The maximum Gasteiger partial charge on any atom is 0.410 e. The van der Waals surface area contributed by atoms with E-state index in [1.807, 2.05) is 56.1 Å². The van der Waals surface area contributed by atoms with Gasteiger partial charge in [-0.3, -0.25) is 4.98 Å². The van der Waals surface area contributed by atoms with Crippen LogP contribution in [0.2, 0.25) is 0 Å². The highest BCUT2D eigenvalue weighted by atomic mass is 16.6. The Morgan fingerprint density at radius 1 is 1.07 bits per heavy atom. The molecule has 1 aromatic carbocycles. The summed E-state index contributed by atoms with van der Waals surface area (Å²) < 4.78 is 5.66. The molecular formula is C21H28N4O2. The predicted molar refractivity (Wildman–Crippen MR) is 106 cm³/mol. The number of likely N-dealkylation sites (tertiary alicyclic amines) is 1. The number of aromatic nitrogens is 2. The van der Waals surface area contributed by atoms with Crippen LogP contribution in [-0.4, -0.2) is 51.7 Å². The number of piperidine rings is 1. The molecule has 1 spiro atoms. The first-order valence-electron chi connectivity index (χ1n) is 9.84. The van der Waals surface area contributed by atoms with E-state index in [2.05, 4.69) is 9.88 Å². The number of benzene rings is 1. The lowest BCUT2D eigenvalue weighted by Gasteiger charge is -2.45. The van der Waals surface area contributed by atoms with Gasteiger partial charge in [0.05, 0.1) is 17.2 Å². The highest BCUT2D eigenvalue weighted by Gasteiger charge is 2.47. The van der Waals surface area contributed by atoms with Crippen molar-refractivity contribution < 1.29 is 9.53 Å². The summed E-state index contributed by atoms with van der Waals surface area (Å²) in [6.07, 6.45) is 5.69. The Kier molecular flexibility index (Phi) is 4.44. The number of hydrogen-bond donors (Lipinski definition) is 0. The van der Waals surface area contributed by atoms with Crippen LogP contribution in [0.15, 0.2) is 30.5 Å². The molecule has 0 radical (unpaired) electrons. The third-order valence-corrected chi connectivity index (χ3v) is 5.66. The van der Waals surface area contributed by atoms with E-state index in [0.717, 1.165) is 62.2 Å². The van der Waals surface area contributed by atoms with Gasteiger partial charge in [-0.15, -0.1) is 0 Å². The number of anilines is 1. The van der Waals surface area contributed by atoms with Gasteiger partial charge in [-0.1, -0.05) is 12.1 Å². The molecule has 27 heavy (non-hydrogen) atoms. The van der Waals surface area contributed by atoms with Crippen LogP contribution in [0.3, 0.4) is 0 Å². The number of amides is 1. The molecule has 0 bridgehead atoms. The Labute approximate surface area is 160 Å². The molecule has 2 saturated heterocycles. The average Bonchev–Trinajstić information content (AvgIpc) is 3.04. The lowest BCUT2D eigenvalue weighted by molar-refractivity contribution is 0.00320. The van der Waals surface area contributed by atoms with Crippen molar-refractivity contribution in [3.05, 3.63) is 30.5 Å². The fraction of sp³-hybridized carbons (Fsp3) is 0.571. The summed E-state index contributed by atoms with van der Waals surface area (Å²) in [5.41, 5.74) is 1.32. The Balaban J connectivity index is 1.47. The molecule has 6 nitrogen and oxygen atoms in total. The topological polar surface area (TPSA) is 58.6 Å². The zero-order valence-electron chi connectivity index (χ0n) is 16.4. The summed E-state index contributed by atoms with van der Waals surface area (Å²) in [5, 5.41) is 0. The Morgan fingerprint density at radius 3 is 2.48 bits per heavy atom. The summed E-state index contributed by atoms with van der Waals surface area (Å²) in [6, 6.07) is 7.95. The van der Waals surface area contributed by atoms with E-state index in [1.165, 1.54) is 0 Å². The van der Waals surface area contributed by atoms with Crippen molar-refractivity contribution >= 4 is 22.9 Å². The molecule has 0 aliphatic carbocycles. The highest BCUT2D eigenvalue weighted by molar-refractivity contribution is 5.75. The zero-order chi connectivity index (χ0) is 19.1. The number of rotatable bonds is 1. The molecule has 2 aliphatic rings. The second kappa shape index (κ2) is 6.66. The maximum atomic E-state index is 12.7. The molecule has 1 aromatic heterocycles. The number of ether oxygens (including phenoxy) is 1. The van der Waals surface area contributed by atoms with Gasteiger partial charge < -0.3 is 14.5 Å². The average molecular weight is 368 g/mol. The molecule has 4 rings (SSSR count). The number of para-hydroxylation sites is 2. The first kappa shape index (κ1) is 18.0. The van der Waals surface area contributed by atoms with Crippen LogP contribution >= 0.6 is 0 Å². The largest absolute Gasteiger partial charge is 0.444 e. The van der Waals surface area contributed by atoms with Crippen molar-refractivity contribution in [3.63, 3.8) is 0 Å². The van der Waals surface area contributed by atoms with Gasteiger partial charge in [0.25, 0.3) is 0 Å². The lowest BCUT2D eigenvalue weighted by atomic mass is 9.85. The van der Waals surface area contributed by atoms with Crippen LogP contribution < -0.4 is 4.90 Å². The molecule has 0 unspecified atom stereocenters. The first-order valence-corrected chi connectivity index (χ1v) is 9.84. The molecule has 1 amide bonds. The van der Waals surface area contributed by atoms with Crippen molar-refractivity contribution in [2.75, 3.05) is 24.5 Å². The fourth-order valence-electron chi connectivity index (χ4n) is 4.31. The summed E-state index contributed by atoms with van der Waals surface area (Å²) >= 11 is 0. The van der Waals surface area contributed by atoms with Crippen molar-refractivity contribution in [2.24, 2.45) is 0 Å². The third-order valence-electron chi connectivity index (χ3n) is 5.66. The fourth-order valence-corrected chi connectivity index (χ4v) is 4.31. The molecule has 144 valence electrons. The molecular weight excluding hydrogens is 340 g/mol. The van der Waals surface area contributed by atoms with Gasteiger partial charge >= 0.3 is 6.09 Å². The highest BCUT2D eigenvalue weighted by Crippen LogP contribution is 2.40. The van der Waals surface area contributed by atoms with E-state index < -0.39 is 5.60 Å². The Bertz CT molecular complexity index is 837. The number of carbonyl (C=O) groups excluding carboxylic acids is 1. The van der Waals surface area contributed by atoms with Crippen molar-refractivity contribution in [3.8, 4) is 0 Å². The molecule has 2 aliphatic heterocycles. The zero-order valence-corrected chi connectivity index (χ0v) is 16.4. The molecule has 3 heterocycles. The van der Waals surface area contributed by atoms with Gasteiger partial charge in [0.2, 0.25) is 0 Å². The normalized spacial score (nSPS) is 19.7. The first-order chi connectivity index (χ1) is 12.9. The van der Waals surface area contributed by atoms with E-state index in [-0.39, 0.29) is 11.6 Å². The molecule has 0 N–H and O–H groups in total. The maximum absolute atomic E-state index is 12.7.